The van der Waals surface area contributed by atoms with Crippen LogP contribution >= 0.6 is 0 Å². The third-order valence-electron chi connectivity index (χ3n) is 4.80. The Hall–Kier alpha value is -4.16. The van der Waals surface area contributed by atoms with Gasteiger partial charge in [-0.1, -0.05) is 0 Å². The number of ketones is 2. The van der Waals surface area contributed by atoms with Crippen LogP contribution in [0.25, 0.3) is 11.3 Å². The van der Waals surface area contributed by atoms with Crippen molar-refractivity contribution in [1.29, 1.82) is 0 Å². The van der Waals surface area contributed by atoms with Crippen molar-refractivity contribution in [3.8, 4) is 0 Å². The van der Waals surface area contributed by atoms with Crippen molar-refractivity contribution in [2.75, 3.05) is 14.1 Å². The summed E-state index contributed by atoms with van der Waals surface area (Å²) < 4.78 is 77.6. The molecule has 0 saturated carbocycles. The van der Waals surface area contributed by atoms with Crippen LogP contribution in [0.2, 0.25) is 0 Å². The number of pyridine rings is 2. The Morgan fingerprint density at radius 1 is 0.806 bits per heavy atom. The highest BCUT2D eigenvalue weighted by Crippen LogP contribution is 2.30. The molecule has 0 bridgehead atoms. The SMILES string of the molecule is CC(=O)c1cnc2ccc(C(F)(F)F)cn12.CN(C)/C=C/C(=O)c1cnc2ccc(C(F)(F)F)cn12. The number of aromatic nitrogens is 4. The molecule has 0 saturated heterocycles. The minimum Gasteiger partial charge on any atom is -0.383 e. The maximum atomic E-state index is 12.7. The van der Waals surface area contributed by atoms with Gasteiger partial charge < -0.3 is 4.90 Å². The van der Waals surface area contributed by atoms with E-state index in [9.17, 15) is 35.9 Å². The number of carbonyl (C=O) groups is 2. The van der Waals surface area contributed by atoms with E-state index in [1.54, 1.807) is 19.0 Å². The van der Waals surface area contributed by atoms with Crippen LogP contribution in [0.3, 0.4) is 0 Å². The van der Waals surface area contributed by atoms with E-state index in [-0.39, 0.29) is 17.2 Å². The molecule has 13 heteroatoms. The van der Waals surface area contributed by atoms with Gasteiger partial charge in [-0.15, -0.1) is 0 Å². The molecule has 0 aliphatic rings. The van der Waals surface area contributed by atoms with Gasteiger partial charge in [0.2, 0.25) is 5.78 Å². The fraction of sp³-hybridized carbons (Fsp3) is 0.217. The molecule has 0 atom stereocenters. The zero-order valence-corrected chi connectivity index (χ0v) is 19.1. The van der Waals surface area contributed by atoms with Gasteiger partial charge in [-0.05, 0) is 24.3 Å². The minimum absolute atomic E-state index is 0.0872. The van der Waals surface area contributed by atoms with Crippen LogP contribution in [0.4, 0.5) is 26.3 Å². The maximum absolute atomic E-state index is 12.7. The number of rotatable bonds is 4. The molecule has 0 amide bonds. The van der Waals surface area contributed by atoms with Gasteiger partial charge in [0.25, 0.3) is 0 Å². The molecule has 4 heterocycles. The summed E-state index contributed by atoms with van der Waals surface area (Å²) in [6.45, 7) is 1.28. The Morgan fingerprint density at radius 3 is 1.67 bits per heavy atom. The molecule has 0 aliphatic heterocycles. The van der Waals surface area contributed by atoms with Gasteiger partial charge in [-0.25, -0.2) is 9.97 Å². The third kappa shape index (κ3) is 5.90. The number of carbonyl (C=O) groups excluding carboxylic acids is 2. The summed E-state index contributed by atoms with van der Waals surface area (Å²) in [5.74, 6) is -0.739. The summed E-state index contributed by atoms with van der Waals surface area (Å²) in [6.07, 6.45) is -1.81. The second-order valence-corrected chi connectivity index (χ2v) is 7.77. The van der Waals surface area contributed by atoms with Gasteiger partial charge in [-0.2, -0.15) is 26.3 Å². The lowest BCUT2D eigenvalue weighted by molar-refractivity contribution is -0.138. The Labute approximate surface area is 200 Å². The number of imidazole rings is 2. The molecule has 7 nitrogen and oxygen atoms in total. The highest BCUT2D eigenvalue weighted by Gasteiger charge is 2.32. The molecule has 0 aliphatic carbocycles. The van der Waals surface area contributed by atoms with Crippen molar-refractivity contribution in [2.45, 2.75) is 19.3 Å². The first-order valence-corrected chi connectivity index (χ1v) is 10.2. The number of hydrogen-bond donors (Lipinski definition) is 0. The Kier molecular flexibility index (Phi) is 7.22. The summed E-state index contributed by atoms with van der Waals surface area (Å²) in [6, 6.07) is 4.34. The van der Waals surface area contributed by atoms with Crippen LogP contribution in [-0.4, -0.2) is 49.3 Å². The van der Waals surface area contributed by atoms with Crippen molar-refractivity contribution in [3.05, 3.63) is 83.8 Å². The van der Waals surface area contributed by atoms with Gasteiger partial charge in [0.1, 0.15) is 22.7 Å². The van der Waals surface area contributed by atoms with Crippen LogP contribution in [-0.2, 0) is 12.4 Å². The second kappa shape index (κ2) is 9.84. The van der Waals surface area contributed by atoms with Crippen molar-refractivity contribution in [1.82, 2.24) is 23.7 Å². The van der Waals surface area contributed by atoms with Crippen molar-refractivity contribution in [2.24, 2.45) is 0 Å². The van der Waals surface area contributed by atoms with E-state index in [0.29, 0.717) is 11.3 Å². The van der Waals surface area contributed by atoms with Gasteiger partial charge in [-0.3, -0.25) is 18.4 Å². The van der Waals surface area contributed by atoms with E-state index in [0.717, 1.165) is 33.3 Å². The molecule has 0 fully saturated rings. The number of hydrogen-bond acceptors (Lipinski definition) is 5. The topological polar surface area (TPSA) is 72.0 Å². The molecule has 0 N–H and O–H groups in total. The molecule has 4 aromatic rings. The number of alkyl halides is 6. The zero-order chi connectivity index (χ0) is 26.8. The summed E-state index contributed by atoms with van der Waals surface area (Å²) in [5.41, 5.74) is -0.794. The monoisotopic (exact) mass is 511 g/mol. The lowest BCUT2D eigenvalue weighted by Gasteiger charge is -2.07. The first-order valence-electron chi connectivity index (χ1n) is 10.2. The molecular formula is C23H19F6N5O2. The number of allylic oxidation sites excluding steroid dienone is 1. The van der Waals surface area contributed by atoms with E-state index in [1.165, 1.54) is 43.7 Å². The fourth-order valence-corrected chi connectivity index (χ4v) is 3.04. The summed E-state index contributed by atoms with van der Waals surface area (Å²) in [4.78, 5) is 32.5. The van der Waals surface area contributed by atoms with E-state index in [1.807, 2.05) is 0 Å². The molecule has 0 radical (unpaired) electrons. The normalized spacial score (nSPS) is 12.1. The van der Waals surface area contributed by atoms with Crippen LogP contribution in [0.1, 0.15) is 39.0 Å². The fourth-order valence-electron chi connectivity index (χ4n) is 3.04. The van der Waals surface area contributed by atoms with Crippen molar-refractivity contribution >= 4 is 22.9 Å². The number of halogens is 6. The molecule has 4 rings (SSSR count). The second-order valence-electron chi connectivity index (χ2n) is 7.77. The lowest BCUT2D eigenvalue weighted by atomic mass is 10.2. The maximum Gasteiger partial charge on any atom is 0.417 e. The lowest BCUT2D eigenvalue weighted by Crippen LogP contribution is -2.09. The first kappa shape index (κ1) is 26.4. The highest BCUT2D eigenvalue weighted by atomic mass is 19.4. The predicted octanol–water partition coefficient (Wildman–Crippen LogP) is 5.17. The Balaban J connectivity index is 0.000000205. The first-order chi connectivity index (χ1) is 16.7. The predicted molar refractivity (Wildman–Crippen MR) is 118 cm³/mol. The molecule has 36 heavy (non-hydrogen) atoms. The van der Waals surface area contributed by atoms with E-state index in [2.05, 4.69) is 9.97 Å². The zero-order valence-electron chi connectivity index (χ0n) is 19.1. The Morgan fingerprint density at radius 2 is 1.25 bits per heavy atom. The molecule has 4 aromatic heterocycles. The van der Waals surface area contributed by atoms with Gasteiger partial charge in [0.05, 0.1) is 23.5 Å². The molecular weight excluding hydrogens is 492 g/mol. The number of Topliss-reactive ketones (excluding diaryl/α,β-unsaturated/α-hetero) is 1. The van der Waals surface area contributed by atoms with Crippen molar-refractivity contribution in [3.63, 3.8) is 0 Å². The number of nitrogens with zero attached hydrogens (tertiary/aromatic N) is 5. The molecule has 0 aromatic carbocycles. The largest absolute Gasteiger partial charge is 0.417 e. The van der Waals surface area contributed by atoms with E-state index < -0.39 is 29.3 Å². The molecule has 0 spiro atoms. The van der Waals surface area contributed by atoms with E-state index >= 15 is 0 Å². The minimum atomic E-state index is -4.46. The standard InChI is InChI=1S/C13H12F3N3O.C10H7F3N2O/c1-18(2)6-5-11(20)10-7-17-12-4-3-9(8-19(10)12)13(14,15)16;1-6(16)8-4-14-9-3-2-7(5-15(8)9)10(11,12)13/h3-8H,1-2H3;2-5H,1H3/b6-5+;. The summed E-state index contributed by atoms with van der Waals surface area (Å²) >= 11 is 0. The van der Waals surface area contributed by atoms with Crippen LogP contribution < -0.4 is 0 Å². The highest BCUT2D eigenvalue weighted by molar-refractivity contribution is 6.03. The molecule has 190 valence electrons. The van der Waals surface area contributed by atoms with Gasteiger partial charge >= 0.3 is 12.4 Å². The Bertz CT molecular complexity index is 1450. The summed E-state index contributed by atoms with van der Waals surface area (Å²) in [7, 11) is 3.47. The van der Waals surface area contributed by atoms with Crippen LogP contribution in [0.5, 0.6) is 0 Å². The summed E-state index contributed by atoms with van der Waals surface area (Å²) in [5, 5.41) is 0. The molecule has 0 unspecified atom stereocenters. The van der Waals surface area contributed by atoms with Crippen molar-refractivity contribution < 1.29 is 35.9 Å². The third-order valence-corrected chi connectivity index (χ3v) is 4.80. The number of fused-ring (bicyclic) bond motifs is 2. The average Bonchev–Trinajstić information content (AvgIpc) is 3.40. The van der Waals surface area contributed by atoms with E-state index in [4.69, 9.17) is 0 Å². The average molecular weight is 511 g/mol. The smallest absolute Gasteiger partial charge is 0.383 e. The quantitative estimate of drug-likeness (QED) is 0.215. The van der Waals surface area contributed by atoms with Gasteiger partial charge in [0, 0.05) is 45.7 Å². The van der Waals surface area contributed by atoms with Crippen LogP contribution in [0, 0.1) is 0 Å². The van der Waals surface area contributed by atoms with Crippen LogP contribution in [0.15, 0.2) is 61.3 Å². The van der Waals surface area contributed by atoms with Gasteiger partial charge in [0.15, 0.2) is 5.78 Å².